The zero-order valence-corrected chi connectivity index (χ0v) is 8.81. The van der Waals surface area contributed by atoms with Crippen molar-refractivity contribution < 1.29 is 19.1 Å². The van der Waals surface area contributed by atoms with Gasteiger partial charge in [-0.2, -0.15) is 0 Å². The Morgan fingerprint density at radius 1 is 1.08 bits per heavy atom. The van der Waals surface area contributed by atoms with Gasteiger partial charge in [-0.3, -0.25) is 9.59 Å². The topological polar surface area (TPSA) is 52.6 Å². The highest BCUT2D eigenvalue weighted by Crippen LogP contribution is 2.12. The van der Waals surface area contributed by atoms with Crippen molar-refractivity contribution in [3.05, 3.63) is 0 Å². The second kappa shape index (κ2) is 5.29. The van der Waals surface area contributed by atoms with Gasteiger partial charge in [0.1, 0.15) is 11.8 Å². The van der Waals surface area contributed by atoms with Gasteiger partial charge in [-0.05, 0) is 0 Å². The van der Waals surface area contributed by atoms with Gasteiger partial charge in [0.15, 0.2) is 0 Å². The van der Waals surface area contributed by atoms with Crippen LogP contribution in [-0.4, -0.2) is 29.5 Å². The molecular weight excluding hydrogens is 219 g/mol. The van der Waals surface area contributed by atoms with Crippen molar-refractivity contribution in [3.63, 3.8) is 0 Å². The van der Waals surface area contributed by atoms with E-state index in [9.17, 15) is 9.59 Å². The number of rotatable bonds is 4. The largest absolute Gasteiger partial charge is 0.422 e. The van der Waals surface area contributed by atoms with E-state index in [2.05, 4.69) is 9.47 Å². The molecule has 0 aromatic rings. The molecule has 0 aliphatic heterocycles. The maximum atomic E-state index is 10.7. The van der Waals surface area contributed by atoms with E-state index >= 15 is 0 Å². The Hall–Kier alpha value is -0.480. The van der Waals surface area contributed by atoms with Gasteiger partial charge in [-0.1, -0.05) is 0 Å². The summed E-state index contributed by atoms with van der Waals surface area (Å²) in [5.41, 5.74) is 0. The van der Waals surface area contributed by atoms with Crippen LogP contribution in [0.3, 0.4) is 0 Å². The van der Waals surface area contributed by atoms with E-state index in [-0.39, 0.29) is 11.8 Å². The van der Waals surface area contributed by atoms with Crippen molar-refractivity contribution in [2.24, 2.45) is 0 Å². The molecule has 0 saturated carbocycles. The molecule has 13 heavy (non-hydrogen) atoms. The molecule has 0 N–H and O–H groups in total. The Labute approximate surface area is 86.1 Å². The molecule has 0 unspecified atom stereocenters. The lowest BCUT2D eigenvalue weighted by Gasteiger charge is -2.23. The van der Waals surface area contributed by atoms with E-state index in [1.54, 1.807) is 0 Å². The monoisotopic (exact) mass is 228 g/mol. The average Bonchev–Trinajstić information content (AvgIpc) is 2.02. The van der Waals surface area contributed by atoms with Gasteiger partial charge >= 0.3 is 11.9 Å². The van der Waals surface area contributed by atoms with Gasteiger partial charge < -0.3 is 9.47 Å². The molecule has 0 amide bonds. The van der Waals surface area contributed by atoms with E-state index in [0.29, 0.717) is 0 Å². The molecule has 0 aliphatic carbocycles. The third kappa shape index (κ3) is 5.71. The first kappa shape index (κ1) is 12.5. The highest BCUT2D eigenvalue weighted by molar-refractivity contribution is 6.26. The summed E-state index contributed by atoms with van der Waals surface area (Å²) in [6.45, 7) is 2.84. The molecule has 0 aromatic heterocycles. The van der Waals surface area contributed by atoms with Crippen LogP contribution >= 0.6 is 23.2 Å². The summed E-state index contributed by atoms with van der Waals surface area (Å²) in [7, 11) is 0. The fraction of sp³-hybridized carbons (Fsp3) is 0.714. The van der Waals surface area contributed by atoms with E-state index in [0.717, 1.165) is 0 Å². The van der Waals surface area contributed by atoms with Crippen LogP contribution in [0.25, 0.3) is 0 Å². The summed E-state index contributed by atoms with van der Waals surface area (Å²) in [4.78, 5) is 21.4. The van der Waals surface area contributed by atoms with Crippen LogP contribution in [0.15, 0.2) is 0 Å². The number of halogens is 2. The predicted octanol–water partition coefficient (Wildman–Crippen LogP) is 1.29. The molecule has 4 nitrogen and oxygen atoms in total. The first-order valence-corrected chi connectivity index (χ1v) is 4.54. The third-order valence-corrected chi connectivity index (χ3v) is 1.37. The second-order valence-corrected chi connectivity index (χ2v) is 3.15. The summed E-state index contributed by atoms with van der Waals surface area (Å²) >= 11 is 10.4. The Bertz CT molecular complexity index is 183. The summed E-state index contributed by atoms with van der Waals surface area (Å²) in [6.07, 6.45) is 0. The van der Waals surface area contributed by atoms with Gasteiger partial charge in [0, 0.05) is 13.8 Å². The van der Waals surface area contributed by atoms with Crippen molar-refractivity contribution >= 4 is 35.1 Å². The first-order chi connectivity index (χ1) is 5.91. The van der Waals surface area contributed by atoms with Crippen molar-refractivity contribution in [1.82, 2.24) is 0 Å². The molecular formula is C7H10Cl2O4. The van der Waals surface area contributed by atoms with E-state index in [1.807, 2.05) is 0 Å². The lowest BCUT2D eigenvalue weighted by atomic mass is 10.4. The van der Waals surface area contributed by atoms with Gasteiger partial charge in [-0.25, -0.2) is 0 Å². The van der Waals surface area contributed by atoms with Crippen LogP contribution in [0, 0.1) is 0 Å². The average molecular weight is 229 g/mol. The quantitative estimate of drug-likeness (QED) is 0.414. The van der Waals surface area contributed by atoms with E-state index < -0.39 is 17.7 Å². The minimum absolute atomic E-state index is 0.290. The van der Waals surface area contributed by atoms with Crippen molar-refractivity contribution in [1.29, 1.82) is 0 Å². The molecule has 0 aliphatic rings. The molecule has 76 valence electrons. The molecule has 0 rings (SSSR count). The smallest absolute Gasteiger partial charge is 0.324 e. The second-order valence-electron chi connectivity index (χ2n) is 2.62. The number of ether oxygens (including phenoxy) is 2. The minimum Gasteiger partial charge on any atom is -0.422 e. The van der Waals surface area contributed by atoms with Gasteiger partial charge in [-0.15, -0.1) is 23.2 Å². The van der Waals surface area contributed by atoms with Gasteiger partial charge in [0.05, 0.1) is 0 Å². The Kier molecular flexibility index (Phi) is 5.10. The number of carbonyl (C=O) groups excluding carboxylic acids is 2. The third-order valence-electron chi connectivity index (χ3n) is 0.937. The van der Waals surface area contributed by atoms with E-state index in [4.69, 9.17) is 23.2 Å². The minimum atomic E-state index is -1.32. The summed E-state index contributed by atoms with van der Waals surface area (Å²) in [5.74, 6) is -3.22. The predicted molar refractivity (Wildman–Crippen MR) is 47.7 cm³/mol. The molecule has 6 heteroatoms. The molecule has 0 heterocycles. The standard InChI is InChI=1S/C7H10Cl2O4/c1-7(2,12-5(10)3-8)13-6(11)4-9/h3-4H2,1-2H3. The van der Waals surface area contributed by atoms with Crippen molar-refractivity contribution in [2.75, 3.05) is 11.8 Å². The molecule has 0 spiro atoms. The molecule has 0 radical (unpaired) electrons. The number of alkyl halides is 2. The number of carbonyl (C=O) groups is 2. The zero-order chi connectivity index (χ0) is 10.5. The SMILES string of the molecule is CC(C)(OC(=O)CCl)OC(=O)CCl. The molecule has 0 bridgehead atoms. The van der Waals surface area contributed by atoms with Gasteiger partial charge in [0.25, 0.3) is 5.79 Å². The Morgan fingerprint density at radius 3 is 1.62 bits per heavy atom. The highest BCUT2D eigenvalue weighted by Gasteiger charge is 2.26. The lowest BCUT2D eigenvalue weighted by molar-refractivity contribution is -0.212. The molecule has 0 saturated heterocycles. The maximum absolute atomic E-state index is 10.7. The van der Waals surface area contributed by atoms with Crippen LogP contribution in [0.2, 0.25) is 0 Å². The van der Waals surface area contributed by atoms with E-state index in [1.165, 1.54) is 13.8 Å². The maximum Gasteiger partial charge on any atom is 0.324 e. The summed E-state index contributed by atoms with van der Waals surface area (Å²) in [6, 6.07) is 0. The number of hydrogen-bond acceptors (Lipinski definition) is 4. The van der Waals surface area contributed by atoms with Crippen LogP contribution in [0.4, 0.5) is 0 Å². The fourth-order valence-electron chi connectivity index (χ4n) is 0.624. The molecule has 0 atom stereocenters. The Balaban J connectivity index is 4.07. The number of hydrogen-bond donors (Lipinski definition) is 0. The van der Waals surface area contributed by atoms with Crippen LogP contribution in [0.5, 0.6) is 0 Å². The van der Waals surface area contributed by atoms with Crippen molar-refractivity contribution in [2.45, 2.75) is 19.6 Å². The first-order valence-electron chi connectivity index (χ1n) is 3.47. The van der Waals surface area contributed by atoms with Crippen LogP contribution < -0.4 is 0 Å². The van der Waals surface area contributed by atoms with Crippen molar-refractivity contribution in [3.8, 4) is 0 Å². The lowest BCUT2D eigenvalue weighted by Crippen LogP contribution is -2.34. The van der Waals surface area contributed by atoms with Gasteiger partial charge in [0.2, 0.25) is 0 Å². The molecule has 0 aromatic carbocycles. The number of esters is 2. The van der Waals surface area contributed by atoms with Crippen LogP contribution in [0.1, 0.15) is 13.8 Å². The fourth-order valence-corrected chi connectivity index (χ4v) is 0.733. The van der Waals surface area contributed by atoms with Crippen LogP contribution in [-0.2, 0) is 19.1 Å². The zero-order valence-electron chi connectivity index (χ0n) is 7.30. The highest BCUT2D eigenvalue weighted by atomic mass is 35.5. The Morgan fingerprint density at radius 2 is 1.38 bits per heavy atom. The summed E-state index contributed by atoms with van der Waals surface area (Å²) < 4.78 is 9.37. The summed E-state index contributed by atoms with van der Waals surface area (Å²) in [5, 5.41) is 0. The normalized spacial score (nSPS) is 10.8. The molecule has 0 fully saturated rings.